The number of benzene rings is 1. The van der Waals surface area contributed by atoms with Gasteiger partial charge in [-0.25, -0.2) is 0 Å². The Morgan fingerprint density at radius 1 is 1.41 bits per heavy atom. The Kier molecular flexibility index (Phi) is 4.20. The minimum Gasteiger partial charge on any atom is -0.374 e. The van der Waals surface area contributed by atoms with Gasteiger partial charge in [-0.3, -0.25) is 9.48 Å². The van der Waals surface area contributed by atoms with Gasteiger partial charge in [0.15, 0.2) is 0 Å². The standard InChI is InChI=1S/C16H19BrN4O/c1-11-8-12(5-6-14(11)17)19-15-4-3-7-21(16(15)22)13-9-18-20(2)10-13/h5-6,8-10,15,19H,3-4,7H2,1-2H3. The number of halogens is 1. The molecule has 0 radical (unpaired) electrons. The average molecular weight is 363 g/mol. The predicted molar refractivity (Wildman–Crippen MR) is 91.1 cm³/mol. The van der Waals surface area contributed by atoms with Gasteiger partial charge in [0.2, 0.25) is 5.91 Å². The molecule has 5 nitrogen and oxygen atoms in total. The maximum Gasteiger partial charge on any atom is 0.249 e. The Morgan fingerprint density at radius 3 is 2.91 bits per heavy atom. The third kappa shape index (κ3) is 3.02. The van der Waals surface area contributed by atoms with Crippen molar-refractivity contribution >= 4 is 33.2 Å². The zero-order chi connectivity index (χ0) is 15.7. The zero-order valence-corrected chi connectivity index (χ0v) is 14.3. The Bertz CT molecular complexity index is 697. The lowest BCUT2D eigenvalue weighted by atomic mass is 10.0. The number of hydrogen-bond donors (Lipinski definition) is 1. The first-order valence-electron chi connectivity index (χ1n) is 7.37. The number of piperidine rings is 1. The highest BCUT2D eigenvalue weighted by atomic mass is 79.9. The second-order valence-corrected chi connectivity index (χ2v) is 6.52. The molecule has 0 spiro atoms. The van der Waals surface area contributed by atoms with E-state index in [4.69, 9.17) is 0 Å². The Labute approximate surface area is 138 Å². The highest BCUT2D eigenvalue weighted by molar-refractivity contribution is 9.10. The summed E-state index contributed by atoms with van der Waals surface area (Å²) in [5.74, 6) is 0.111. The van der Waals surface area contributed by atoms with Crippen molar-refractivity contribution in [3.8, 4) is 0 Å². The molecule has 1 aliphatic rings. The number of nitrogens with zero attached hydrogens (tertiary/aromatic N) is 3. The summed E-state index contributed by atoms with van der Waals surface area (Å²) >= 11 is 3.50. The third-order valence-electron chi connectivity index (χ3n) is 3.94. The molecule has 1 amide bonds. The smallest absolute Gasteiger partial charge is 0.249 e. The van der Waals surface area contributed by atoms with Gasteiger partial charge in [0, 0.05) is 29.9 Å². The summed E-state index contributed by atoms with van der Waals surface area (Å²) < 4.78 is 2.79. The Balaban J connectivity index is 1.76. The molecule has 1 unspecified atom stereocenters. The quantitative estimate of drug-likeness (QED) is 0.912. The van der Waals surface area contributed by atoms with Crippen LogP contribution in [0.4, 0.5) is 11.4 Å². The van der Waals surface area contributed by atoms with Gasteiger partial charge in [0.1, 0.15) is 6.04 Å². The normalized spacial score (nSPS) is 18.6. The minimum atomic E-state index is -0.186. The van der Waals surface area contributed by atoms with E-state index in [1.807, 2.05) is 37.2 Å². The topological polar surface area (TPSA) is 50.2 Å². The van der Waals surface area contributed by atoms with E-state index in [2.05, 4.69) is 32.4 Å². The van der Waals surface area contributed by atoms with Crippen LogP contribution in [0.15, 0.2) is 35.1 Å². The summed E-state index contributed by atoms with van der Waals surface area (Å²) in [6.07, 6.45) is 5.45. The number of aromatic nitrogens is 2. The predicted octanol–water partition coefficient (Wildman–Crippen LogP) is 3.10. The summed E-state index contributed by atoms with van der Waals surface area (Å²) in [7, 11) is 1.86. The van der Waals surface area contributed by atoms with Gasteiger partial charge in [-0.05, 0) is 43.5 Å². The molecule has 6 heteroatoms. The van der Waals surface area contributed by atoms with Gasteiger partial charge in [-0.15, -0.1) is 0 Å². The Hall–Kier alpha value is -1.82. The number of carbonyl (C=O) groups is 1. The number of amides is 1. The summed E-state index contributed by atoms with van der Waals surface area (Å²) in [5, 5.41) is 7.52. The fraction of sp³-hybridized carbons (Fsp3) is 0.375. The zero-order valence-electron chi connectivity index (χ0n) is 12.7. The van der Waals surface area contributed by atoms with E-state index in [-0.39, 0.29) is 11.9 Å². The lowest BCUT2D eigenvalue weighted by Crippen LogP contribution is -2.47. The monoisotopic (exact) mass is 362 g/mol. The number of aryl methyl sites for hydroxylation is 2. The van der Waals surface area contributed by atoms with Crippen LogP contribution in [0.1, 0.15) is 18.4 Å². The highest BCUT2D eigenvalue weighted by Crippen LogP contribution is 2.25. The van der Waals surface area contributed by atoms with Crippen molar-refractivity contribution in [1.82, 2.24) is 9.78 Å². The molecule has 1 N–H and O–H groups in total. The van der Waals surface area contributed by atoms with Crippen LogP contribution in [0.3, 0.4) is 0 Å². The molecule has 1 aliphatic heterocycles. The third-order valence-corrected chi connectivity index (χ3v) is 4.83. The first-order chi connectivity index (χ1) is 10.5. The average Bonchev–Trinajstić information content (AvgIpc) is 2.91. The number of nitrogens with one attached hydrogen (secondary N) is 1. The molecule has 0 saturated carbocycles. The van der Waals surface area contributed by atoms with E-state index in [1.165, 1.54) is 0 Å². The second kappa shape index (κ2) is 6.12. The van der Waals surface area contributed by atoms with Gasteiger partial charge < -0.3 is 10.2 Å². The molecule has 3 rings (SSSR count). The summed E-state index contributed by atoms with van der Waals surface area (Å²) in [6.45, 7) is 2.79. The molecule has 116 valence electrons. The van der Waals surface area contributed by atoms with E-state index >= 15 is 0 Å². The van der Waals surface area contributed by atoms with Gasteiger partial charge in [-0.2, -0.15) is 5.10 Å². The van der Waals surface area contributed by atoms with Crippen molar-refractivity contribution < 1.29 is 4.79 Å². The first kappa shape index (κ1) is 15.1. The first-order valence-corrected chi connectivity index (χ1v) is 8.16. The lowest BCUT2D eigenvalue weighted by molar-refractivity contribution is -0.120. The molecule has 22 heavy (non-hydrogen) atoms. The molecular weight excluding hydrogens is 344 g/mol. The van der Waals surface area contributed by atoms with E-state index in [9.17, 15) is 4.79 Å². The molecule has 1 fully saturated rings. The maximum atomic E-state index is 12.7. The molecule has 2 heterocycles. The molecule has 0 aliphatic carbocycles. The minimum absolute atomic E-state index is 0.111. The van der Waals surface area contributed by atoms with Crippen LogP contribution in [0, 0.1) is 6.92 Å². The summed E-state index contributed by atoms with van der Waals surface area (Å²) in [5.41, 5.74) is 3.00. The SMILES string of the molecule is Cc1cc(NC2CCCN(c3cnn(C)c3)C2=O)ccc1Br. The molecule has 2 aromatic rings. The van der Waals surface area contributed by atoms with E-state index < -0.39 is 0 Å². The largest absolute Gasteiger partial charge is 0.374 e. The number of anilines is 2. The second-order valence-electron chi connectivity index (χ2n) is 5.67. The maximum absolute atomic E-state index is 12.7. The molecule has 0 bridgehead atoms. The molecule has 1 atom stereocenters. The van der Waals surface area contributed by atoms with Crippen molar-refractivity contribution in [2.24, 2.45) is 7.05 Å². The summed E-state index contributed by atoms with van der Waals surface area (Å²) in [6, 6.07) is 5.87. The molecule has 1 aromatic heterocycles. The number of hydrogen-bond acceptors (Lipinski definition) is 3. The molecule has 1 aromatic carbocycles. The van der Waals surface area contributed by atoms with Gasteiger partial charge >= 0.3 is 0 Å². The van der Waals surface area contributed by atoms with Gasteiger partial charge in [-0.1, -0.05) is 15.9 Å². The molecular formula is C16H19BrN4O. The summed E-state index contributed by atoms with van der Waals surface area (Å²) in [4.78, 5) is 14.5. The van der Waals surface area contributed by atoms with Crippen LogP contribution >= 0.6 is 15.9 Å². The number of carbonyl (C=O) groups excluding carboxylic acids is 1. The highest BCUT2D eigenvalue weighted by Gasteiger charge is 2.30. The van der Waals surface area contributed by atoms with Crippen molar-refractivity contribution in [1.29, 1.82) is 0 Å². The van der Waals surface area contributed by atoms with Crippen LogP contribution in [0.25, 0.3) is 0 Å². The van der Waals surface area contributed by atoms with E-state index in [0.29, 0.717) is 0 Å². The number of rotatable bonds is 3. The van der Waals surface area contributed by atoms with Crippen LogP contribution in [-0.2, 0) is 11.8 Å². The lowest BCUT2D eigenvalue weighted by Gasteiger charge is -2.32. The Morgan fingerprint density at radius 2 is 2.23 bits per heavy atom. The van der Waals surface area contributed by atoms with E-state index in [0.717, 1.165) is 40.8 Å². The van der Waals surface area contributed by atoms with Crippen LogP contribution < -0.4 is 10.2 Å². The van der Waals surface area contributed by atoms with Gasteiger partial charge in [0.25, 0.3) is 0 Å². The fourth-order valence-corrected chi connectivity index (χ4v) is 3.00. The van der Waals surface area contributed by atoms with Crippen molar-refractivity contribution in [3.63, 3.8) is 0 Å². The van der Waals surface area contributed by atoms with Gasteiger partial charge in [0.05, 0.1) is 11.9 Å². The van der Waals surface area contributed by atoms with Crippen LogP contribution in [0.5, 0.6) is 0 Å². The van der Waals surface area contributed by atoms with Crippen molar-refractivity contribution in [2.75, 3.05) is 16.8 Å². The van der Waals surface area contributed by atoms with Crippen LogP contribution in [-0.4, -0.2) is 28.3 Å². The van der Waals surface area contributed by atoms with E-state index in [1.54, 1.807) is 10.9 Å². The van der Waals surface area contributed by atoms with Crippen LogP contribution in [0.2, 0.25) is 0 Å². The van der Waals surface area contributed by atoms with Crippen molar-refractivity contribution in [3.05, 3.63) is 40.6 Å². The fourth-order valence-electron chi connectivity index (χ4n) is 2.75. The molecule has 1 saturated heterocycles. The van der Waals surface area contributed by atoms with Crippen molar-refractivity contribution in [2.45, 2.75) is 25.8 Å².